The molecule has 4 rings (SSSR count). The SMILES string of the molecule is COc1cccc2c(C)cc(-n3ncc(C#N)c3NC(=O)c3cccc(OC(C)=O)c3)nc12. The highest BCUT2D eigenvalue weighted by Gasteiger charge is 2.19. The molecule has 0 unspecified atom stereocenters. The highest BCUT2D eigenvalue weighted by atomic mass is 16.5. The van der Waals surface area contributed by atoms with Crippen LogP contribution in [0.25, 0.3) is 16.7 Å². The Morgan fingerprint density at radius 1 is 1.15 bits per heavy atom. The molecule has 0 saturated heterocycles. The third-order valence-corrected chi connectivity index (χ3v) is 4.91. The number of rotatable bonds is 5. The van der Waals surface area contributed by atoms with E-state index in [0.717, 1.165) is 10.9 Å². The van der Waals surface area contributed by atoms with Gasteiger partial charge in [-0.2, -0.15) is 15.0 Å². The minimum Gasteiger partial charge on any atom is -0.494 e. The van der Waals surface area contributed by atoms with E-state index in [1.807, 2.05) is 31.2 Å². The number of carbonyl (C=O) groups excluding carboxylic acids is 2. The fraction of sp³-hybridized carbons (Fsp3) is 0.125. The van der Waals surface area contributed by atoms with Crippen LogP contribution in [0.3, 0.4) is 0 Å². The summed E-state index contributed by atoms with van der Waals surface area (Å²) in [7, 11) is 1.57. The zero-order valence-corrected chi connectivity index (χ0v) is 18.1. The Kier molecular flexibility index (Phi) is 5.74. The van der Waals surface area contributed by atoms with Crippen molar-refractivity contribution in [1.82, 2.24) is 14.8 Å². The maximum atomic E-state index is 12.9. The molecule has 4 aromatic rings. The molecule has 0 spiro atoms. The van der Waals surface area contributed by atoms with Crippen molar-refractivity contribution in [2.24, 2.45) is 0 Å². The normalized spacial score (nSPS) is 10.5. The molecule has 2 heterocycles. The molecule has 0 aliphatic carbocycles. The predicted octanol–water partition coefficient (Wildman–Crippen LogP) is 3.79. The largest absolute Gasteiger partial charge is 0.494 e. The summed E-state index contributed by atoms with van der Waals surface area (Å²) in [4.78, 5) is 28.8. The van der Waals surface area contributed by atoms with E-state index in [1.54, 1.807) is 31.4 Å². The average molecular weight is 441 g/mol. The van der Waals surface area contributed by atoms with Gasteiger partial charge < -0.3 is 14.8 Å². The standard InChI is InChI=1S/C24H19N5O4/c1-14-10-21(27-22-19(14)8-5-9-20(22)32-3)29-23(17(12-25)13-26-29)28-24(31)16-6-4-7-18(11-16)33-15(2)30/h4-11,13H,1-3H3,(H,28,31). The van der Waals surface area contributed by atoms with Gasteiger partial charge in [0.2, 0.25) is 0 Å². The summed E-state index contributed by atoms with van der Waals surface area (Å²) in [5.41, 5.74) is 1.97. The maximum absolute atomic E-state index is 12.9. The van der Waals surface area contributed by atoms with E-state index in [-0.39, 0.29) is 22.7 Å². The first-order valence-corrected chi connectivity index (χ1v) is 9.94. The maximum Gasteiger partial charge on any atom is 0.308 e. The van der Waals surface area contributed by atoms with E-state index in [4.69, 9.17) is 9.47 Å². The lowest BCUT2D eigenvalue weighted by Crippen LogP contribution is -2.17. The summed E-state index contributed by atoms with van der Waals surface area (Å²) >= 11 is 0. The minimum atomic E-state index is -0.502. The predicted molar refractivity (Wildman–Crippen MR) is 121 cm³/mol. The zero-order valence-electron chi connectivity index (χ0n) is 18.1. The second kappa shape index (κ2) is 8.80. The molecule has 0 radical (unpaired) electrons. The number of methoxy groups -OCH3 is 1. The monoisotopic (exact) mass is 441 g/mol. The number of nitriles is 1. The number of nitrogens with zero attached hydrogens (tertiary/aromatic N) is 4. The summed E-state index contributed by atoms with van der Waals surface area (Å²) in [6.07, 6.45) is 1.36. The van der Waals surface area contributed by atoms with Crippen molar-refractivity contribution in [1.29, 1.82) is 5.26 Å². The molecule has 2 aromatic heterocycles. The Morgan fingerprint density at radius 3 is 2.67 bits per heavy atom. The number of aromatic nitrogens is 3. The fourth-order valence-corrected chi connectivity index (χ4v) is 3.42. The van der Waals surface area contributed by atoms with Gasteiger partial charge in [-0.05, 0) is 42.8 Å². The van der Waals surface area contributed by atoms with Crippen LogP contribution < -0.4 is 14.8 Å². The van der Waals surface area contributed by atoms with E-state index < -0.39 is 11.9 Å². The number of hydrogen-bond acceptors (Lipinski definition) is 7. The molecule has 2 aromatic carbocycles. The second-order valence-corrected chi connectivity index (χ2v) is 7.16. The number of fused-ring (bicyclic) bond motifs is 1. The van der Waals surface area contributed by atoms with Crippen molar-refractivity contribution < 1.29 is 19.1 Å². The van der Waals surface area contributed by atoms with Crippen LogP contribution in [0.1, 0.15) is 28.4 Å². The molecule has 1 N–H and O–H groups in total. The number of pyridine rings is 1. The molecule has 0 atom stereocenters. The minimum absolute atomic E-state index is 0.166. The molecule has 0 bridgehead atoms. The summed E-state index contributed by atoms with van der Waals surface area (Å²) in [6, 6.07) is 15.6. The Bertz CT molecular complexity index is 1430. The molecular weight excluding hydrogens is 422 g/mol. The first kappa shape index (κ1) is 21.5. The van der Waals surface area contributed by atoms with Gasteiger partial charge in [0.25, 0.3) is 5.91 Å². The van der Waals surface area contributed by atoms with Crippen molar-refractivity contribution in [3.8, 4) is 23.4 Å². The first-order valence-electron chi connectivity index (χ1n) is 9.94. The Labute approximate surface area is 189 Å². The van der Waals surface area contributed by atoms with Crippen LogP contribution in [0.2, 0.25) is 0 Å². The molecule has 0 fully saturated rings. The number of benzene rings is 2. The van der Waals surface area contributed by atoms with Gasteiger partial charge in [0, 0.05) is 17.9 Å². The highest BCUT2D eigenvalue weighted by molar-refractivity contribution is 6.05. The number of amides is 1. The van der Waals surface area contributed by atoms with Crippen LogP contribution in [0.4, 0.5) is 5.82 Å². The van der Waals surface area contributed by atoms with Crippen molar-refractivity contribution >= 4 is 28.6 Å². The molecule has 9 heteroatoms. The van der Waals surface area contributed by atoms with E-state index in [1.165, 1.54) is 23.9 Å². The van der Waals surface area contributed by atoms with E-state index in [9.17, 15) is 14.9 Å². The lowest BCUT2D eigenvalue weighted by molar-refractivity contribution is -0.131. The average Bonchev–Trinajstić information content (AvgIpc) is 3.20. The molecular formula is C24H19N5O4. The van der Waals surface area contributed by atoms with Gasteiger partial charge >= 0.3 is 5.97 Å². The third kappa shape index (κ3) is 4.22. The van der Waals surface area contributed by atoms with E-state index in [0.29, 0.717) is 17.1 Å². The molecule has 0 aliphatic heterocycles. The summed E-state index contributed by atoms with van der Waals surface area (Å²) in [5.74, 6) is 0.417. The number of anilines is 1. The third-order valence-electron chi connectivity index (χ3n) is 4.91. The number of para-hydroxylation sites is 1. The van der Waals surface area contributed by atoms with Gasteiger partial charge in [-0.1, -0.05) is 18.2 Å². The number of carbonyl (C=O) groups is 2. The van der Waals surface area contributed by atoms with Crippen molar-refractivity contribution in [3.05, 3.63) is 71.4 Å². The summed E-state index contributed by atoms with van der Waals surface area (Å²) in [5, 5.41) is 17.5. The van der Waals surface area contributed by atoms with Crippen molar-refractivity contribution in [3.63, 3.8) is 0 Å². The zero-order chi connectivity index (χ0) is 23.5. The van der Waals surface area contributed by atoms with E-state index >= 15 is 0 Å². The van der Waals surface area contributed by atoms with Gasteiger partial charge in [-0.3, -0.25) is 9.59 Å². The lowest BCUT2D eigenvalue weighted by atomic mass is 10.1. The molecule has 1 amide bonds. The number of aryl methyl sites for hydroxylation is 1. The van der Waals surface area contributed by atoms with Crippen molar-refractivity contribution in [2.75, 3.05) is 12.4 Å². The van der Waals surface area contributed by atoms with Gasteiger partial charge in [-0.25, -0.2) is 4.98 Å². The van der Waals surface area contributed by atoms with Gasteiger partial charge in [-0.15, -0.1) is 0 Å². The van der Waals surface area contributed by atoms with Crippen LogP contribution >= 0.6 is 0 Å². The van der Waals surface area contributed by atoms with Crippen molar-refractivity contribution in [2.45, 2.75) is 13.8 Å². The highest BCUT2D eigenvalue weighted by Crippen LogP contribution is 2.29. The summed E-state index contributed by atoms with van der Waals surface area (Å²) < 4.78 is 11.9. The smallest absolute Gasteiger partial charge is 0.308 e. The van der Waals surface area contributed by atoms with Gasteiger partial charge in [0.15, 0.2) is 11.6 Å². The molecule has 0 aliphatic rings. The molecule has 9 nitrogen and oxygen atoms in total. The number of nitrogens with one attached hydrogen (secondary N) is 1. The topological polar surface area (TPSA) is 119 Å². The van der Waals surface area contributed by atoms with Crippen LogP contribution in [0.5, 0.6) is 11.5 Å². The number of hydrogen-bond donors (Lipinski definition) is 1. The molecule has 164 valence electrons. The Balaban J connectivity index is 1.76. The first-order chi connectivity index (χ1) is 15.9. The quantitative estimate of drug-likeness (QED) is 0.370. The Hall–Kier alpha value is -4.71. The number of ether oxygens (including phenoxy) is 2. The van der Waals surface area contributed by atoms with Crippen LogP contribution in [-0.2, 0) is 4.79 Å². The van der Waals surface area contributed by atoms with Crippen LogP contribution in [0.15, 0.2) is 54.7 Å². The lowest BCUT2D eigenvalue weighted by Gasteiger charge is -2.13. The summed E-state index contributed by atoms with van der Waals surface area (Å²) in [6.45, 7) is 3.21. The molecule has 0 saturated carbocycles. The fourth-order valence-electron chi connectivity index (χ4n) is 3.42. The number of esters is 1. The van der Waals surface area contributed by atoms with Gasteiger partial charge in [0.1, 0.15) is 28.6 Å². The van der Waals surface area contributed by atoms with E-state index in [2.05, 4.69) is 15.4 Å². The van der Waals surface area contributed by atoms with Crippen LogP contribution in [-0.4, -0.2) is 33.8 Å². The molecule has 33 heavy (non-hydrogen) atoms. The Morgan fingerprint density at radius 2 is 1.94 bits per heavy atom. The second-order valence-electron chi connectivity index (χ2n) is 7.16. The van der Waals surface area contributed by atoms with Crippen LogP contribution in [0, 0.1) is 18.3 Å². The van der Waals surface area contributed by atoms with Gasteiger partial charge in [0.05, 0.1) is 13.3 Å².